The standard InChI is InChI=1S/C13H12S3/c1-2-11-8-12-9-13(15-16(12)14-11)10-6-4-3-5-7-10/h3-9H,2H2,1H3. The lowest BCUT2D eigenvalue weighted by Gasteiger charge is -2.04. The van der Waals surface area contributed by atoms with Crippen molar-refractivity contribution < 1.29 is 0 Å². The van der Waals surface area contributed by atoms with Crippen LogP contribution in [0, 0.1) is 0 Å². The van der Waals surface area contributed by atoms with Gasteiger partial charge in [-0.05, 0) is 29.0 Å². The minimum Gasteiger partial charge on any atom is -0.0622 e. The molecule has 16 heavy (non-hydrogen) atoms. The van der Waals surface area contributed by atoms with Gasteiger partial charge in [0.15, 0.2) is 0 Å². The zero-order chi connectivity index (χ0) is 11.0. The third-order valence-corrected chi connectivity index (χ3v) is 9.07. The molecule has 0 saturated heterocycles. The van der Waals surface area contributed by atoms with Gasteiger partial charge in [0.05, 0.1) is 0 Å². The molecule has 1 unspecified atom stereocenters. The molecule has 1 atom stereocenters. The van der Waals surface area contributed by atoms with E-state index in [0.29, 0.717) is 8.55 Å². The van der Waals surface area contributed by atoms with E-state index in [0.717, 1.165) is 0 Å². The molecule has 0 bridgehead atoms. The van der Waals surface area contributed by atoms with Crippen LogP contribution in [0.25, 0.3) is 4.91 Å². The van der Waals surface area contributed by atoms with Crippen molar-refractivity contribution in [2.45, 2.75) is 13.3 Å². The van der Waals surface area contributed by atoms with Gasteiger partial charge >= 0.3 is 0 Å². The molecule has 0 aromatic heterocycles. The van der Waals surface area contributed by atoms with Crippen LogP contribution in [-0.2, 0) is 0 Å². The van der Waals surface area contributed by atoms with Crippen molar-refractivity contribution in [1.82, 2.24) is 0 Å². The second-order valence-corrected chi connectivity index (χ2v) is 9.51. The predicted octanol–water partition coefficient (Wildman–Crippen LogP) is 5.09. The normalized spacial score (nSPS) is 23.1. The molecule has 3 heteroatoms. The smallest absolute Gasteiger partial charge is 0.0270 e. The fourth-order valence-electron chi connectivity index (χ4n) is 1.66. The van der Waals surface area contributed by atoms with Crippen molar-refractivity contribution in [3.63, 3.8) is 0 Å². The maximum atomic E-state index is 2.37. The van der Waals surface area contributed by atoms with Gasteiger partial charge in [0.2, 0.25) is 0 Å². The van der Waals surface area contributed by atoms with E-state index < -0.39 is 0 Å². The molecule has 0 aliphatic carbocycles. The Morgan fingerprint density at radius 1 is 1.06 bits per heavy atom. The zero-order valence-electron chi connectivity index (χ0n) is 8.97. The Hall–Kier alpha value is -0.380. The third kappa shape index (κ3) is 1.92. The molecule has 0 radical (unpaired) electrons. The van der Waals surface area contributed by atoms with Crippen molar-refractivity contribution in [3.8, 4) is 0 Å². The number of allylic oxidation sites excluding steroid dienone is 3. The summed E-state index contributed by atoms with van der Waals surface area (Å²) in [7, 11) is 4.39. The van der Waals surface area contributed by atoms with Gasteiger partial charge in [-0.1, -0.05) is 67.4 Å². The summed E-state index contributed by atoms with van der Waals surface area (Å²) in [6, 6.07) is 10.7. The van der Waals surface area contributed by atoms with Gasteiger partial charge in [0.25, 0.3) is 0 Å². The highest BCUT2D eigenvalue weighted by Gasteiger charge is 2.22. The lowest BCUT2D eigenvalue weighted by molar-refractivity contribution is 1.21. The van der Waals surface area contributed by atoms with Gasteiger partial charge in [0, 0.05) is 9.77 Å². The van der Waals surface area contributed by atoms with E-state index in [9.17, 15) is 0 Å². The van der Waals surface area contributed by atoms with Crippen LogP contribution in [0.3, 0.4) is 0 Å². The Kier molecular flexibility index (Phi) is 3.01. The SMILES string of the molecule is CCC1=CC2=S(S1)SC(c1ccccc1)=C2. The molecular formula is C13H12S3. The fraction of sp³-hybridized carbons (Fsp3) is 0.154. The molecule has 1 aromatic carbocycles. The van der Waals surface area contributed by atoms with Gasteiger partial charge < -0.3 is 0 Å². The summed E-state index contributed by atoms with van der Waals surface area (Å²) in [5.41, 5.74) is 1.36. The summed E-state index contributed by atoms with van der Waals surface area (Å²) in [6.07, 6.45) is 5.90. The summed E-state index contributed by atoms with van der Waals surface area (Å²) in [5.74, 6) is 0. The fourth-order valence-corrected chi connectivity index (χ4v) is 8.56. The summed E-state index contributed by atoms with van der Waals surface area (Å²) >= 11 is 0. The van der Waals surface area contributed by atoms with E-state index in [1.165, 1.54) is 26.7 Å². The first kappa shape index (κ1) is 10.8. The van der Waals surface area contributed by atoms with Crippen molar-refractivity contribution in [3.05, 3.63) is 53.0 Å². The molecule has 0 N–H and O–H groups in total. The summed E-state index contributed by atoms with van der Waals surface area (Å²) < 4.78 is 0. The minimum absolute atomic E-state index is 0.336. The molecule has 0 fully saturated rings. The topological polar surface area (TPSA) is 0 Å². The molecule has 0 spiro atoms. The average Bonchev–Trinajstić information content (AvgIpc) is 2.87. The van der Waals surface area contributed by atoms with Crippen LogP contribution in [-0.4, -0.2) is 4.86 Å². The van der Waals surface area contributed by atoms with Crippen LogP contribution >= 0.6 is 30.1 Å². The van der Waals surface area contributed by atoms with E-state index in [4.69, 9.17) is 0 Å². The van der Waals surface area contributed by atoms with E-state index >= 15 is 0 Å². The molecule has 82 valence electrons. The molecule has 2 heterocycles. The van der Waals surface area contributed by atoms with Crippen molar-refractivity contribution in [2.75, 3.05) is 0 Å². The predicted molar refractivity (Wildman–Crippen MR) is 80.6 cm³/mol. The second-order valence-electron chi connectivity index (χ2n) is 3.64. The van der Waals surface area contributed by atoms with Gasteiger partial charge in [0.1, 0.15) is 0 Å². The highest BCUT2D eigenvalue weighted by Crippen LogP contribution is 2.61. The van der Waals surface area contributed by atoms with E-state index in [-0.39, 0.29) is 0 Å². The van der Waals surface area contributed by atoms with Gasteiger partial charge in [-0.15, -0.1) is 0 Å². The van der Waals surface area contributed by atoms with Crippen LogP contribution in [0.1, 0.15) is 18.9 Å². The molecule has 3 rings (SSSR count). The highest BCUT2D eigenvalue weighted by atomic mass is 33.5. The lowest BCUT2D eigenvalue weighted by atomic mass is 10.2. The molecule has 0 nitrogen and oxygen atoms in total. The quantitative estimate of drug-likeness (QED) is 0.539. The van der Waals surface area contributed by atoms with Crippen molar-refractivity contribution in [2.24, 2.45) is 0 Å². The molecule has 0 amide bonds. The lowest BCUT2D eigenvalue weighted by Crippen LogP contribution is -1.81. The molecule has 2 aliphatic rings. The van der Waals surface area contributed by atoms with E-state index in [2.05, 4.69) is 49.4 Å². The molecule has 1 aromatic rings. The first-order chi connectivity index (χ1) is 7.86. The Bertz CT molecular complexity index is 509. The van der Waals surface area contributed by atoms with Crippen LogP contribution in [0.2, 0.25) is 0 Å². The van der Waals surface area contributed by atoms with Gasteiger partial charge in [-0.3, -0.25) is 0 Å². The number of benzene rings is 1. The Labute approximate surface area is 106 Å². The first-order valence-corrected chi connectivity index (χ1v) is 9.21. The maximum absolute atomic E-state index is 2.37. The number of hydrogen-bond acceptors (Lipinski definition) is 2. The molecule has 0 saturated carbocycles. The number of rotatable bonds is 2. The molecular weight excluding hydrogens is 252 g/mol. The third-order valence-electron chi connectivity index (χ3n) is 2.52. The first-order valence-electron chi connectivity index (χ1n) is 5.32. The Balaban J connectivity index is 1.87. The monoisotopic (exact) mass is 264 g/mol. The largest absolute Gasteiger partial charge is 0.0622 e. The second kappa shape index (κ2) is 4.47. The van der Waals surface area contributed by atoms with Crippen LogP contribution in [0.5, 0.6) is 0 Å². The van der Waals surface area contributed by atoms with Crippen molar-refractivity contribution >= 4 is 39.9 Å². The zero-order valence-corrected chi connectivity index (χ0v) is 11.4. The summed E-state index contributed by atoms with van der Waals surface area (Å²) in [4.78, 5) is 4.48. The van der Waals surface area contributed by atoms with Crippen LogP contribution in [0.4, 0.5) is 0 Å². The van der Waals surface area contributed by atoms with Gasteiger partial charge in [-0.25, -0.2) is 0 Å². The minimum atomic E-state index is 0.336. The maximum Gasteiger partial charge on any atom is 0.0270 e. The van der Waals surface area contributed by atoms with Crippen LogP contribution in [0.15, 0.2) is 47.4 Å². The van der Waals surface area contributed by atoms with Crippen LogP contribution < -0.4 is 0 Å². The van der Waals surface area contributed by atoms with E-state index in [1.807, 2.05) is 21.6 Å². The van der Waals surface area contributed by atoms with Crippen molar-refractivity contribution in [1.29, 1.82) is 0 Å². The van der Waals surface area contributed by atoms with Gasteiger partial charge in [-0.2, -0.15) is 0 Å². The summed E-state index contributed by atoms with van der Waals surface area (Å²) in [5, 5.41) is 0. The highest BCUT2D eigenvalue weighted by molar-refractivity contribution is 9.18. The van der Waals surface area contributed by atoms with E-state index in [1.54, 1.807) is 0 Å². The Morgan fingerprint density at radius 3 is 2.56 bits per heavy atom. The molecule has 2 aliphatic heterocycles. The average molecular weight is 264 g/mol. The number of hydrogen-bond donors (Lipinski definition) is 0. The Morgan fingerprint density at radius 2 is 1.88 bits per heavy atom. The summed E-state index contributed by atoms with van der Waals surface area (Å²) in [6.45, 7) is 2.23.